The van der Waals surface area contributed by atoms with Crippen molar-refractivity contribution in [3.63, 3.8) is 0 Å². The largest absolute Gasteiger partial charge is 0.208 e. The van der Waals surface area contributed by atoms with Crippen LogP contribution in [0.4, 0.5) is 0 Å². The Morgan fingerprint density at radius 2 is 0.759 bits per heavy atom. The van der Waals surface area contributed by atoms with E-state index < -0.39 is 18.2 Å². The van der Waals surface area contributed by atoms with Gasteiger partial charge < -0.3 is 0 Å². The highest BCUT2D eigenvalue weighted by atomic mass is 15.0. The number of nitrogens with zero attached hydrogens (tertiary/aromatic N) is 3. The molecule has 0 aliphatic heterocycles. The molecule has 7 aromatic carbocycles. The maximum atomic E-state index is 9.32. The van der Waals surface area contributed by atoms with Gasteiger partial charge in [-0.05, 0) is 86.6 Å². The van der Waals surface area contributed by atoms with Crippen molar-refractivity contribution in [2.24, 2.45) is 0 Å². The lowest BCUT2D eigenvalue weighted by atomic mass is 9.67. The predicted octanol–water partition coefficient (Wildman–Crippen LogP) is 13.1. The van der Waals surface area contributed by atoms with Gasteiger partial charge in [0.15, 0.2) is 17.5 Å². The third-order valence-corrected chi connectivity index (χ3v) is 10.7. The molecule has 3 heteroatoms. The quantitative estimate of drug-likeness (QED) is 0.174. The third kappa shape index (κ3) is 5.74. The lowest BCUT2D eigenvalue weighted by Crippen LogP contribution is -2.28. The molecule has 8 aromatic rings. The highest BCUT2D eigenvalue weighted by molar-refractivity contribution is 5.85. The van der Waals surface area contributed by atoms with Gasteiger partial charge in [0.05, 0.1) is 0 Å². The molecule has 54 heavy (non-hydrogen) atoms. The van der Waals surface area contributed by atoms with Crippen LogP contribution in [0.2, 0.25) is 0 Å². The Balaban J connectivity index is 0.978. The molecule has 1 aromatic heterocycles. The first kappa shape index (κ1) is 28.1. The lowest BCUT2D eigenvalue weighted by Gasteiger charge is -2.36. The Morgan fingerprint density at radius 1 is 0.333 bits per heavy atom. The summed E-state index contributed by atoms with van der Waals surface area (Å²) < 4.78 is 37.3. The van der Waals surface area contributed by atoms with E-state index in [9.17, 15) is 5.48 Å². The zero-order valence-corrected chi connectivity index (χ0v) is 29.7. The second-order valence-electron chi connectivity index (χ2n) is 14.0. The molecule has 258 valence electrons. The fraction of sp³-hybridized carbons (Fsp3) is 0.118. The van der Waals surface area contributed by atoms with Crippen LogP contribution in [-0.2, 0) is 5.41 Å². The van der Waals surface area contributed by atoms with Crippen LogP contribution >= 0.6 is 0 Å². The van der Waals surface area contributed by atoms with Gasteiger partial charge in [0.1, 0.15) is 0 Å². The minimum atomic E-state index is -1.75. The maximum absolute atomic E-state index is 9.32. The first-order valence-electron chi connectivity index (χ1n) is 20.6. The Morgan fingerprint density at radius 3 is 1.37 bits per heavy atom. The van der Waals surface area contributed by atoms with Gasteiger partial charge in [-0.3, -0.25) is 0 Å². The molecule has 0 N–H and O–H groups in total. The van der Waals surface area contributed by atoms with Crippen molar-refractivity contribution in [2.45, 2.75) is 37.4 Å². The summed E-state index contributed by atoms with van der Waals surface area (Å²) in [6.45, 7) is 0. The maximum Gasteiger partial charge on any atom is 0.164 e. The number of fused-ring (bicyclic) bond motifs is 5. The summed E-state index contributed by atoms with van der Waals surface area (Å²) >= 11 is 0. The Labute approximate surface area is 322 Å². The molecule has 0 radical (unpaired) electrons. The molecule has 1 saturated carbocycles. The van der Waals surface area contributed by atoms with Crippen LogP contribution in [0.5, 0.6) is 0 Å². The molecule has 1 spiro atoms. The molecular weight excluding hydrogens is 655 g/mol. The summed E-state index contributed by atoms with van der Waals surface area (Å²) in [7, 11) is 0. The molecule has 1 fully saturated rings. The van der Waals surface area contributed by atoms with Gasteiger partial charge in [-0.2, -0.15) is 0 Å². The van der Waals surface area contributed by atoms with E-state index in [1.165, 1.54) is 0 Å². The van der Waals surface area contributed by atoms with Gasteiger partial charge >= 0.3 is 0 Å². The van der Waals surface area contributed by atoms with Gasteiger partial charge in [0.25, 0.3) is 0 Å². The zero-order valence-electron chi connectivity index (χ0n) is 33.7. The van der Waals surface area contributed by atoms with Crippen molar-refractivity contribution in [1.29, 1.82) is 0 Å². The zero-order chi connectivity index (χ0) is 39.5. The summed E-state index contributed by atoms with van der Waals surface area (Å²) in [5.41, 5.74) is 11.0. The van der Waals surface area contributed by atoms with Crippen molar-refractivity contribution in [3.05, 3.63) is 187 Å². The molecule has 2 aliphatic rings. The molecule has 3 nitrogen and oxygen atoms in total. The van der Waals surface area contributed by atoms with E-state index in [1.54, 1.807) is 0 Å². The molecule has 0 unspecified atom stereocenters. The summed E-state index contributed by atoms with van der Waals surface area (Å²) in [5.74, 6) is 1.86. The van der Waals surface area contributed by atoms with Crippen LogP contribution < -0.4 is 0 Å². The van der Waals surface area contributed by atoms with Crippen LogP contribution in [0.15, 0.2) is 176 Å². The van der Waals surface area contributed by atoms with Crippen LogP contribution in [0.25, 0.3) is 78.7 Å². The van der Waals surface area contributed by atoms with E-state index in [4.69, 9.17) is 15.0 Å². The summed E-state index contributed by atoms with van der Waals surface area (Å²) in [6.07, 6.45) is -2.32. The summed E-state index contributed by atoms with van der Waals surface area (Å²) in [5, 5.41) is 0. The first-order chi connectivity index (χ1) is 28.2. The van der Waals surface area contributed by atoms with E-state index in [2.05, 4.69) is 78.9 Å². The number of aromatic nitrogens is 3. The van der Waals surface area contributed by atoms with E-state index >= 15 is 0 Å². The van der Waals surface area contributed by atoms with Crippen molar-refractivity contribution in [1.82, 2.24) is 15.0 Å². The topological polar surface area (TPSA) is 38.7 Å². The predicted molar refractivity (Wildman–Crippen MR) is 222 cm³/mol. The van der Waals surface area contributed by atoms with E-state index in [0.29, 0.717) is 36.7 Å². The van der Waals surface area contributed by atoms with E-state index in [-0.39, 0.29) is 0 Å². The second kappa shape index (κ2) is 13.5. The van der Waals surface area contributed by atoms with Crippen molar-refractivity contribution >= 4 is 0 Å². The van der Waals surface area contributed by atoms with Gasteiger partial charge in [-0.1, -0.05) is 177 Å². The smallest absolute Gasteiger partial charge is 0.164 e. The monoisotopic (exact) mass is 697 g/mol. The lowest BCUT2D eigenvalue weighted by molar-refractivity contribution is 0.353. The first-order valence-corrected chi connectivity index (χ1v) is 18.6. The average molecular weight is 698 g/mol. The minimum Gasteiger partial charge on any atom is -0.208 e. The highest BCUT2D eigenvalue weighted by Gasteiger charge is 2.43. The van der Waals surface area contributed by atoms with Crippen molar-refractivity contribution in [2.75, 3.05) is 0 Å². The van der Waals surface area contributed by atoms with Gasteiger partial charge in [-0.25, -0.2) is 15.0 Å². The van der Waals surface area contributed by atoms with Crippen LogP contribution in [0, 0.1) is 0 Å². The fourth-order valence-electron chi connectivity index (χ4n) is 8.05. The normalized spacial score (nSPS) is 17.0. The van der Waals surface area contributed by atoms with Gasteiger partial charge in [-0.15, -0.1) is 0 Å². The molecule has 10 rings (SSSR count). The van der Waals surface area contributed by atoms with Crippen LogP contribution in [0.3, 0.4) is 0 Å². The van der Waals surface area contributed by atoms with Crippen LogP contribution in [-0.4, -0.2) is 15.0 Å². The third-order valence-electron chi connectivity index (χ3n) is 10.7. The van der Waals surface area contributed by atoms with E-state index in [0.717, 1.165) is 72.3 Å². The number of hydrogen-bond acceptors (Lipinski definition) is 3. The minimum absolute atomic E-state index is 0.324. The molecule has 2 aliphatic carbocycles. The number of rotatable bonds is 6. The molecule has 0 amide bonds. The Kier molecular flexibility index (Phi) is 7.03. The van der Waals surface area contributed by atoms with Gasteiger partial charge in [0.2, 0.25) is 0 Å². The standard InChI is InChI=1S/C51H39N3/c1-4-14-37(15-5-1)48-52-49(38-16-6-2-7-17-38)54-50(53-48)43-21-13-20-41(33-43)40-19-12-18-39(32-40)35-24-26-36(27-25-35)42-28-29-45-44-22-8-9-23-46(44)51(47(45)34-42)30-10-3-11-31-51/h1-2,4-9,12-29,32-34H,3,10-11,30-31H2/i30D2,31D2. The SMILES string of the molecule is [2H]C1([2H])CCCC([2H])([2H])C12c1ccccc1-c1ccc(-c3ccc(-c4cccc(-c5cccc(-c6nc(-c7ccccc7)nc(-c7ccccc7)n6)c5)c4)cc3)cc12. The number of hydrogen-bond donors (Lipinski definition) is 0. The second-order valence-corrected chi connectivity index (χ2v) is 14.0. The molecule has 1 heterocycles. The number of benzene rings is 7. The average Bonchev–Trinajstić information content (AvgIpc) is 3.58. The summed E-state index contributed by atoms with van der Waals surface area (Å²) in [6, 6.07) is 59.4. The highest BCUT2D eigenvalue weighted by Crippen LogP contribution is 2.56. The summed E-state index contributed by atoms with van der Waals surface area (Å²) in [4.78, 5) is 14.7. The Bertz CT molecular complexity index is 2750. The Hall–Kier alpha value is -6.45. The van der Waals surface area contributed by atoms with Crippen molar-refractivity contribution in [3.8, 4) is 78.7 Å². The molecule has 0 bridgehead atoms. The molecule has 0 atom stereocenters. The van der Waals surface area contributed by atoms with Crippen LogP contribution in [0.1, 0.15) is 48.6 Å². The molecular formula is C51H39N3. The molecule has 0 saturated heterocycles. The van der Waals surface area contributed by atoms with E-state index in [1.807, 2.05) is 97.1 Å². The van der Waals surface area contributed by atoms with Gasteiger partial charge in [0, 0.05) is 27.6 Å². The fourth-order valence-corrected chi connectivity index (χ4v) is 8.05. The van der Waals surface area contributed by atoms with Crippen molar-refractivity contribution < 1.29 is 5.48 Å².